The van der Waals surface area contributed by atoms with Crippen molar-refractivity contribution in [2.24, 2.45) is 4.99 Å². The Hall–Kier alpha value is -3.08. The Labute approximate surface area is 169 Å². The van der Waals surface area contributed by atoms with Gasteiger partial charge in [-0.1, -0.05) is 6.07 Å². The Morgan fingerprint density at radius 3 is 2.55 bits per heavy atom. The maximum Gasteiger partial charge on any atom is 0.336 e. The average Bonchev–Trinajstić information content (AvgIpc) is 2.82. The fraction of sp³-hybridized carbons (Fsp3) is 0.333. The molecule has 148 valence electrons. The minimum Gasteiger partial charge on any atom is -0.459 e. The molecular weight excluding hydrogens is 364 g/mol. The van der Waals surface area contributed by atoms with Gasteiger partial charge in [0.05, 0.1) is 11.6 Å². The maximum absolute atomic E-state index is 11.9. The first kappa shape index (κ1) is 18.0. The summed E-state index contributed by atoms with van der Waals surface area (Å²) < 4.78 is 12.2. The van der Waals surface area contributed by atoms with Gasteiger partial charge in [0.15, 0.2) is 11.3 Å². The molecule has 0 fully saturated rings. The van der Waals surface area contributed by atoms with Crippen molar-refractivity contribution >= 4 is 28.6 Å². The Kier molecular flexibility index (Phi) is 3.41. The van der Waals surface area contributed by atoms with Gasteiger partial charge in [0, 0.05) is 24.2 Å². The van der Waals surface area contributed by atoms with Crippen LogP contribution in [-0.4, -0.2) is 19.0 Å². The van der Waals surface area contributed by atoms with Crippen molar-refractivity contribution in [3.05, 3.63) is 63.0 Å². The molecule has 0 bridgehead atoms. The maximum atomic E-state index is 11.9. The summed E-state index contributed by atoms with van der Waals surface area (Å²) in [5, 5.41) is 0.869. The largest absolute Gasteiger partial charge is 0.459 e. The number of nitrogens with zero attached hydrogens (tertiary/aromatic N) is 2. The highest BCUT2D eigenvalue weighted by atomic mass is 16.5. The summed E-state index contributed by atoms with van der Waals surface area (Å²) in [6, 6.07) is 9.67. The lowest BCUT2D eigenvalue weighted by Crippen LogP contribution is -2.61. The molecule has 3 heterocycles. The summed E-state index contributed by atoms with van der Waals surface area (Å²) in [7, 11) is 2.05. The van der Waals surface area contributed by atoms with Gasteiger partial charge in [-0.2, -0.15) is 0 Å². The van der Waals surface area contributed by atoms with E-state index in [0.717, 1.165) is 16.6 Å². The second-order valence-electron chi connectivity index (χ2n) is 8.68. The molecule has 0 saturated carbocycles. The van der Waals surface area contributed by atoms with Crippen LogP contribution in [0.1, 0.15) is 36.1 Å². The summed E-state index contributed by atoms with van der Waals surface area (Å²) in [6.45, 7) is 10.6. The molecule has 2 aliphatic heterocycles. The average molecular weight is 388 g/mol. The molecule has 3 aromatic rings. The van der Waals surface area contributed by atoms with E-state index in [1.54, 1.807) is 0 Å². The Balaban J connectivity index is 1.74. The number of rotatable bonds is 0. The standard InChI is InChI=1S/C24H24N2O3/c1-13-7-9-17-20(15(13)3)23(4,5)24(26(17)6)12-25-21-18(29-24)10-8-16-14(2)11-19(27)28-22(16)21/h7-12H,1-6H3. The smallest absolute Gasteiger partial charge is 0.336 e. The summed E-state index contributed by atoms with van der Waals surface area (Å²) >= 11 is 0. The summed E-state index contributed by atoms with van der Waals surface area (Å²) in [6.07, 6.45) is 1.87. The van der Waals surface area contributed by atoms with Crippen molar-refractivity contribution in [2.75, 3.05) is 11.9 Å². The fourth-order valence-electron chi connectivity index (χ4n) is 4.99. The van der Waals surface area contributed by atoms with Crippen LogP contribution in [0.15, 0.2) is 44.5 Å². The number of hydrogen-bond acceptors (Lipinski definition) is 5. The Bertz CT molecular complexity index is 1290. The molecular formula is C24H24N2O3. The van der Waals surface area contributed by atoms with E-state index < -0.39 is 5.72 Å². The first-order valence-corrected chi connectivity index (χ1v) is 9.83. The van der Waals surface area contributed by atoms with E-state index in [2.05, 4.69) is 44.7 Å². The van der Waals surface area contributed by atoms with E-state index in [4.69, 9.17) is 14.1 Å². The van der Waals surface area contributed by atoms with Crippen LogP contribution in [0.5, 0.6) is 5.75 Å². The Morgan fingerprint density at radius 1 is 1.03 bits per heavy atom. The van der Waals surface area contributed by atoms with E-state index in [1.807, 2.05) is 32.3 Å². The normalized spacial score (nSPS) is 21.4. The first-order chi connectivity index (χ1) is 13.7. The van der Waals surface area contributed by atoms with Gasteiger partial charge in [0.2, 0.25) is 5.72 Å². The summed E-state index contributed by atoms with van der Waals surface area (Å²) in [5.74, 6) is 0.621. The molecule has 0 saturated heterocycles. The molecule has 5 rings (SSSR count). The number of anilines is 1. The van der Waals surface area contributed by atoms with Crippen molar-refractivity contribution in [3.8, 4) is 5.75 Å². The van der Waals surface area contributed by atoms with Crippen molar-refractivity contribution in [1.29, 1.82) is 0 Å². The van der Waals surface area contributed by atoms with E-state index in [9.17, 15) is 4.79 Å². The molecule has 1 spiro atoms. The van der Waals surface area contributed by atoms with Crippen LogP contribution in [0.4, 0.5) is 11.4 Å². The number of aryl methyl sites for hydroxylation is 2. The van der Waals surface area contributed by atoms with Crippen molar-refractivity contribution in [3.63, 3.8) is 0 Å². The van der Waals surface area contributed by atoms with E-state index in [-0.39, 0.29) is 11.0 Å². The van der Waals surface area contributed by atoms with E-state index >= 15 is 0 Å². The zero-order valence-electron chi connectivity index (χ0n) is 17.6. The lowest BCUT2D eigenvalue weighted by molar-refractivity contribution is 0.0823. The molecule has 5 nitrogen and oxygen atoms in total. The van der Waals surface area contributed by atoms with Gasteiger partial charge in [-0.15, -0.1) is 0 Å². The van der Waals surface area contributed by atoms with Gasteiger partial charge in [0.25, 0.3) is 0 Å². The molecule has 5 heteroatoms. The lowest BCUT2D eigenvalue weighted by Gasteiger charge is -2.45. The Morgan fingerprint density at radius 2 is 1.79 bits per heavy atom. The fourth-order valence-corrected chi connectivity index (χ4v) is 4.99. The highest BCUT2D eigenvalue weighted by Crippen LogP contribution is 2.55. The molecule has 0 amide bonds. The van der Waals surface area contributed by atoms with Crippen LogP contribution in [0.3, 0.4) is 0 Å². The van der Waals surface area contributed by atoms with Gasteiger partial charge < -0.3 is 14.1 Å². The molecule has 0 radical (unpaired) electrons. The molecule has 0 aliphatic carbocycles. The van der Waals surface area contributed by atoms with Gasteiger partial charge in [-0.05, 0) is 75.1 Å². The number of likely N-dealkylation sites (N-methyl/N-ethyl adjacent to an activating group) is 1. The summed E-state index contributed by atoms with van der Waals surface area (Å²) in [5.41, 5.74) is 5.40. The molecule has 29 heavy (non-hydrogen) atoms. The monoisotopic (exact) mass is 388 g/mol. The van der Waals surface area contributed by atoms with E-state index in [0.29, 0.717) is 17.0 Å². The molecule has 1 atom stereocenters. The van der Waals surface area contributed by atoms with Crippen LogP contribution >= 0.6 is 0 Å². The molecule has 0 N–H and O–H groups in total. The van der Waals surface area contributed by atoms with Gasteiger partial charge in [-0.3, -0.25) is 0 Å². The van der Waals surface area contributed by atoms with Crippen LogP contribution in [0, 0.1) is 20.8 Å². The number of hydrogen-bond donors (Lipinski definition) is 0. The second-order valence-corrected chi connectivity index (χ2v) is 8.68. The zero-order chi connectivity index (χ0) is 20.7. The number of ether oxygens (including phenoxy) is 1. The quantitative estimate of drug-likeness (QED) is 0.512. The van der Waals surface area contributed by atoms with Crippen molar-refractivity contribution in [2.45, 2.75) is 45.8 Å². The minimum atomic E-state index is -0.765. The van der Waals surface area contributed by atoms with Gasteiger partial charge in [0.1, 0.15) is 5.69 Å². The molecule has 1 unspecified atom stereocenters. The third kappa shape index (κ3) is 2.10. The van der Waals surface area contributed by atoms with Gasteiger partial charge >= 0.3 is 5.63 Å². The van der Waals surface area contributed by atoms with Crippen LogP contribution < -0.4 is 15.3 Å². The number of aliphatic imine (C=N–C) groups is 1. The topological polar surface area (TPSA) is 55.0 Å². The zero-order valence-corrected chi connectivity index (χ0v) is 17.6. The number of benzene rings is 2. The number of fused-ring (bicyclic) bond motifs is 4. The predicted molar refractivity (Wildman–Crippen MR) is 116 cm³/mol. The third-order valence-corrected chi connectivity index (χ3v) is 6.78. The predicted octanol–water partition coefficient (Wildman–Crippen LogP) is 4.94. The van der Waals surface area contributed by atoms with Crippen LogP contribution in [0.2, 0.25) is 0 Å². The SMILES string of the molecule is Cc1ccc2c(c1C)C(C)(C)C1(C=Nc3c(ccc4c(C)cc(=O)oc34)O1)N2C. The molecule has 1 aromatic heterocycles. The highest BCUT2D eigenvalue weighted by Gasteiger charge is 2.59. The van der Waals surface area contributed by atoms with E-state index in [1.165, 1.54) is 22.8 Å². The van der Waals surface area contributed by atoms with Crippen LogP contribution in [-0.2, 0) is 5.41 Å². The first-order valence-electron chi connectivity index (χ1n) is 9.83. The van der Waals surface area contributed by atoms with Crippen LogP contribution in [0.25, 0.3) is 11.0 Å². The molecule has 2 aliphatic rings. The molecule has 2 aromatic carbocycles. The highest BCUT2D eigenvalue weighted by molar-refractivity contribution is 5.97. The summed E-state index contributed by atoms with van der Waals surface area (Å²) in [4.78, 5) is 18.9. The van der Waals surface area contributed by atoms with Crippen molar-refractivity contribution in [1.82, 2.24) is 0 Å². The van der Waals surface area contributed by atoms with Gasteiger partial charge in [-0.25, -0.2) is 9.79 Å². The minimum absolute atomic E-state index is 0.337. The third-order valence-electron chi connectivity index (χ3n) is 6.78. The second kappa shape index (κ2) is 5.50. The lowest BCUT2D eigenvalue weighted by atomic mass is 9.75. The van der Waals surface area contributed by atoms with Crippen molar-refractivity contribution < 1.29 is 9.15 Å².